The normalized spacial score (nSPS) is 11.4. The molecule has 0 atom stereocenters. The van der Waals surface area contributed by atoms with E-state index in [-0.39, 0.29) is 11.4 Å². The Kier molecular flexibility index (Phi) is 3.61. The summed E-state index contributed by atoms with van der Waals surface area (Å²) in [6, 6.07) is 5.23. The van der Waals surface area contributed by atoms with Crippen molar-refractivity contribution < 1.29 is 9.32 Å². The zero-order valence-electron chi connectivity index (χ0n) is 11.4. The molecule has 19 heavy (non-hydrogen) atoms. The zero-order chi connectivity index (χ0) is 14.0. The Hall–Kier alpha value is -1.82. The molecule has 0 aromatic carbocycles. The summed E-state index contributed by atoms with van der Waals surface area (Å²) in [4.78, 5) is 12.9. The van der Waals surface area contributed by atoms with Crippen LogP contribution in [-0.4, -0.2) is 11.2 Å². The number of anilines is 2. The van der Waals surface area contributed by atoms with E-state index < -0.39 is 0 Å². The van der Waals surface area contributed by atoms with Crippen LogP contribution in [0.1, 0.15) is 31.4 Å². The van der Waals surface area contributed by atoms with Crippen LogP contribution >= 0.6 is 11.3 Å². The lowest BCUT2D eigenvalue weighted by Gasteiger charge is -2.12. The number of rotatable bonds is 2. The van der Waals surface area contributed by atoms with Crippen LogP contribution in [0.25, 0.3) is 0 Å². The summed E-state index contributed by atoms with van der Waals surface area (Å²) in [5, 5.41) is 10.0. The van der Waals surface area contributed by atoms with Gasteiger partial charge in [-0.2, -0.15) is 0 Å². The maximum atomic E-state index is 11.8. The Labute approximate surface area is 116 Å². The smallest absolute Gasteiger partial charge is 0.325 e. The van der Waals surface area contributed by atoms with Gasteiger partial charge in [-0.3, -0.25) is 10.6 Å². The third-order valence-corrected chi connectivity index (χ3v) is 3.38. The first-order valence-electron chi connectivity index (χ1n) is 5.96. The van der Waals surface area contributed by atoms with Crippen molar-refractivity contribution in [3.63, 3.8) is 0 Å². The average molecular weight is 279 g/mol. The number of thiophene rings is 1. The lowest BCUT2D eigenvalue weighted by atomic mass is 9.93. The van der Waals surface area contributed by atoms with Crippen LogP contribution in [0.2, 0.25) is 0 Å². The maximum Gasteiger partial charge on any atom is 0.325 e. The molecular weight excluding hydrogens is 262 g/mol. The van der Waals surface area contributed by atoms with E-state index in [4.69, 9.17) is 4.52 Å². The number of aryl methyl sites for hydroxylation is 1. The van der Waals surface area contributed by atoms with E-state index in [1.807, 2.05) is 39.8 Å². The molecule has 0 fully saturated rings. The molecular formula is C13H17N3O2S. The van der Waals surface area contributed by atoms with E-state index in [2.05, 4.69) is 15.8 Å². The topological polar surface area (TPSA) is 67.2 Å². The third kappa shape index (κ3) is 3.57. The van der Waals surface area contributed by atoms with Crippen molar-refractivity contribution in [2.75, 3.05) is 10.6 Å². The molecule has 0 unspecified atom stereocenters. The Bertz CT molecular complexity index is 581. The second kappa shape index (κ2) is 5.05. The van der Waals surface area contributed by atoms with Gasteiger partial charge in [0.1, 0.15) is 5.76 Å². The molecule has 0 aliphatic carbocycles. The highest BCUT2D eigenvalue weighted by atomic mass is 32.1. The molecule has 0 bridgehead atoms. The molecule has 2 rings (SSSR count). The fraction of sp³-hybridized carbons (Fsp3) is 0.385. The minimum Gasteiger partial charge on any atom is -0.359 e. The first-order valence-corrected chi connectivity index (χ1v) is 6.78. The van der Waals surface area contributed by atoms with Gasteiger partial charge in [0.25, 0.3) is 0 Å². The Balaban J connectivity index is 1.97. The van der Waals surface area contributed by atoms with Crippen molar-refractivity contribution in [3.05, 3.63) is 28.8 Å². The molecule has 0 aliphatic heterocycles. The van der Waals surface area contributed by atoms with Gasteiger partial charge < -0.3 is 4.52 Å². The highest BCUT2D eigenvalue weighted by molar-refractivity contribution is 7.16. The van der Waals surface area contributed by atoms with E-state index in [0.29, 0.717) is 5.82 Å². The molecule has 0 saturated carbocycles. The van der Waals surface area contributed by atoms with Crippen LogP contribution in [0, 0.1) is 6.92 Å². The first-order chi connectivity index (χ1) is 8.84. The lowest BCUT2D eigenvalue weighted by molar-refractivity contribution is 0.262. The second-order valence-corrected chi connectivity index (χ2v) is 6.60. The summed E-state index contributed by atoms with van der Waals surface area (Å²) in [6.45, 7) is 8.05. The van der Waals surface area contributed by atoms with Gasteiger partial charge in [-0.1, -0.05) is 25.9 Å². The van der Waals surface area contributed by atoms with Gasteiger partial charge >= 0.3 is 6.03 Å². The van der Waals surface area contributed by atoms with E-state index in [0.717, 1.165) is 15.6 Å². The fourth-order valence-electron chi connectivity index (χ4n) is 1.45. The Morgan fingerprint density at radius 2 is 2.05 bits per heavy atom. The molecule has 2 aromatic heterocycles. The number of nitrogens with one attached hydrogen (secondary N) is 2. The van der Waals surface area contributed by atoms with Gasteiger partial charge in [-0.15, -0.1) is 11.3 Å². The summed E-state index contributed by atoms with van der Waals surface area (Å²) in [6.07, 6.45) is 0. The van der Waals surface area contributed by atoms with Gasteiger partial charge in [0.2, 0.25) is 0 Å². The summed E-state index contributed by atoms with van der Waals surface area (Å²) in [5.41, 5.74) is -0.131. The molecule has 102 valence electrons. The van der Waals surface area contributed by atoms with Crippen LogP contribution in [0.5, 0.6) is 0 Å². The lowest BCUT2D eigenvalue weighted by Crippen LogP contribution is -2.18. The van der Waals surface area contributed by atoms with E-state index >= 15 is 0 Å². The highest BCUT2D eigenvalue weighted by Gasteiger charge is 2.20. The van der Waals surface area contributed by atoms with Crippen LogP contribution < -0.4 is 10.6 Å². The third-order valence-electron chi connectivity index (χ3n) is 2.47. The quantitative estimate of drug-likeness (QED) is 0.873. The minimum absolute atomic E-state index is 0.131. The molecule has 2 amide bonds. The summed E-state index contributed by atoms with van der Waals surface area (Å²) in [7, 11) is 0. The SMILES string of the molecule is Cc1ccc(NC(=O)Nc2cc(C(C)(C)C)on2)s1. The Morgan fingerprint density at radius 3 is 2.58 bits per heavy atom. The Morgan fingerprint density at radius 1 is 1.32 bits per heavy atom. The van der Waals surface area contributed by atoms with Gasteiger partial charge in [0.05, 0.1) is 5.00 Å². The van der Waals surface area contributed by atoms with E-state index in [1.165, 1.54) is 11.3 Å². The van der Waals surface area contributed by atoms with Crippen LogP contribution in [0.3, 0.4) is 0 Å². The van der Waals surface area contributed by atoms with Crippen molar-refractivity contribution in [1.29, 1.82) is 0 Å². The predicted octanol–water partition coefficient (Wildman–Crippen LogP) is 3.99. The molecule has 0 radical (unpaired) electrons. The second-order valence-electron chi connectivity index (χ2n) is 5.32. The number of carbonyl (C=O) groups is 1. The van der Waals surface area contributed by atoms with Crippen LogP contribution in [-0.2, 0) is 5.41 Å². The van der Waals surface area contributed by atoms with Gasteiger partial charge in [0, 0.05) is 16.4 Å². The van der Waals surface area contributed by atoms with Crippen molar-refractivity contribution in [3.8, 4) is 0 Å². The van der Waals surface area contributed by atoms with Crippen molar-refractivity contribution in [2.24, 2.45) is 0 Å². The minimum atomic E-state index is -0.324. The number of hydrogen-bond acceptors (Lipinski definition) is 4. The van der Waals surface area contributed by atoms with Crippen LogP contribution in [0.15, 0.2) is 22.7 Å². The number of hydrogen-bond donors (Lipinski definition) is 2. The summed E-state index contributed by atoms with van der Waals surface area (Å²) >= 11 is 1.52. The molecule has 6 heteroatoms. The summed E-state index contributed by atoms with van der Waals surface area (Å²) in [5.74, 6) is 1.14. The molecule has 2 N–H and O–H groups in total. The highest BCUT2D eigenvalue weighted by Crippen LogP contribution is 2.25. The predicted molar refractivity (Wildman–Crippen MR) is 76.9 cm³/mol. The van der Waals surface area contributed by atoms with Crippen LogP contribution in [0.4, 0.5) is 15.6 Å². The molecule has 0 spiro atoms. The number of nitrogens with zero attached hydrogens (tertiary/aromatic N) is 1. The maximum absolute atomic E-state index is 11.8. The molecule has 2 heterocycles. The fourth-order valence-corrected chi connectivity index (χ4v) is 2.21. The molecule has 2 aromatic rings. The number of amides is 2. The molecule has 0 saturated heterocycles. The molecule has 5 nitrogen and oxygen atoms in total. The monoisotopic (exact) mass is 279 g/mol. The van der Waals surface area contributed by atoms with Gasteiger partial charge in [-0.05, 0) is 19.1 Å². The van der Waals surface area contributed by atoms with Crippen molar-refractivity contribution in [2.45, 2.75) is 33.1 Å². The number of carbonyl (C=O) groups excluding carboxylic acids is 1. The number of urea groups is 1. The van der Waals surface area contributed by atoms with Gasteiger partial charge in [-0.25, -0.2) is 4.79 Å². The first kappa shape index (κ1) is 13.6. The van der Waals surface area contributed by atoms with Gasteiger partial charge in [0.15, 0.2) is 5.82 Å². The average Bonchev–Trinajstić information content (AvgIpc) is 2.87. The van der Waals surface area contributed by atoms with Crippen molar-refractivity contribution in [1.82, 2.24) is 5.16 Å². The molecule has 0 aliphatic rings. The largest absolute Gasteiger partial charge is 0.359 e. The van der Waals surface area contributed by atoms with E-state index in [1.54, 1.807) is 6.07 Å². The van der Waals surface area contributed by atoms with Crippen molar-refractivity contribution >= 4 is 28.2 Å². The van der Waals surface area contributed by atoms with E-state index in [9.17, 15) is 4.79 Å². The number of aromatic nitrogens is 1. The zero-order valence-corrected chi connectivity index (χ0v) is 12.2. The standard InChI is InChI=1S/C13H17N3O2S/c1-8-5-6-11(19-8)15-12(17)14-10-7-9(18-16-10)13(2,3)4/h5-7H,1-4H3,(H2,14,15,16,17). The summed E-state index contributed by atoms with van der Waals surface area (Å²) < 4.78 is 5.19.